The monoisotopic (exact) mass is 238 g/mol. The van der Waals surface area contributed by atoms with Gasteiger partial charge in [0.1, 0.15) is 11.6 Å². The molecule has 1 aromatic heterocycles. The van der Waals surface area contributed by atoms with Crippen molar-refractivity contribution in [3.63, 3.8) is 0 Å². The first-order valence-electron chi connectivity index (χ1n) is 5.88. The predicted octanol–water partition coefficient (Wildman–Crippen LogP) is 2.72. The van der Waals surface area contributed by atoms with Crippen molar-refractivity contribution >= 4 is 0 Å². The van der Waals surface area contributed by atoms with E-state index in [4.69, 9.17) is 0 Å². The molecular weight excluding hydrogens is 224 g/mol. The van der Waals surface area contributed by atoms with Crippen molar-refractivity contribution in [3.8, 4) is 17.2 Å². The maximum atomic E-state index is 12.1. The van der Waals surface area contributed by atoms with Crippen LogP contribution >= 0.6 is 0 Å². The van der Waals surface area contributed by atoms with Gasteiger partial charge in [-0.1, -0.05) is 30.3 Å². The molecule has 0 aliphatic rings. The Morgan fingerprint density at radius 1 is 1.28 bits per heavy atom. The van der Waals surface area contributed by atoms with E-state index in [2.05, 4.69) is 0 Å². The summed E-state index contributed by atoms with van der Waals surface area (Å²) in [6.45, 7) is 4.39. The standard InChI is InChI=1S/C15H14N2O/c1-3-17-10-11(2)14(13(9-16)15(17)18)12-7-5-4-6-8-12/h4-8,10H,3H2,1-2H3. The topological polar surface area (TPSA) is 45.8 Å². The highest BCUT2D eigenvalue weighted by Gasteiger charge is 2.14. The van der Waals surface area contributed by atoms with E-state index in [9.17, 15) is 10.1 Å². The average Bonchev–Trinajstić information content (AvgIpc) is 2.41. The van der Waals surface area contributed by atoms with Crippen molar-refractivity contribution in [2.75, 3.05) is 0 Å². The molecule has 2 aromatic rings. The van der Waals surface area contributed by atoms with Gasteiger partial charge in [-0.15, -0.1) is 0 Å². The minimum atomic E-state index is -0.218. The molecule has 3 heteroatoms. The van der Waals surface area contributed by atoms with Crippen molar-refractivity contribution in [3.05, 3.63) is 58.0 Å². The lowest BCUT2D eigenvalue weighted by molar-refractivity contribution is 0.721. The van der Waals surface area contributed by atoms with Gasteiger partial charge in [0.2, 0.25) is 0 Å². The van der Waals surface area contributed by atoms with E-state index >= 15 is 0 Å². The van der Waals surface area contributed by atoms with Crippen LogP contribution in [0.3, 0.4) is 0 Å². The van der Waals surface area contributed by atoms with Crippen LogP contribution in [-0.2, 0) is 6.54 Å². The second-order valence-corrected chi connectivity index (χ2v) is 4.13. The molecule has 0 spiro atoms. The first-order valence-corrected chi connectivity index (χ1v) is 5.88. The van der Waals surface area contributed by atoms with Crippen molar-refractivity contribution in [1.29, 1.82) is 5.26 Å². The quantitative estimate of drug-likeness (QED) is 0.807. The highest BCUT2D eigenvalue weighted by atomic mass is 16.1. The molecule has 2 rings (SSSR count). The van der Waals surface area contributed by atoms with Crippen LogP contribution in [0.1, 0.15) is 18.1 Å². The number of pyridine rings is 1. The van der Waals surface area contributed by atoms with Gasteiger partial charge in [0, 0.05) is 18.3 Å². The van der Waals surface area contributed by atoms with E-state index < -0.39 is 0 Å². The van der Waals surface area contributed by atoms with Crippen LogP contribution in [0, 0.1) is 18.3 Å². The fourth-order valence-corrected chi connectivity index (χ4v) is 2.12. The molecule has 0 amide bonds. The van der Waals surface area contributed by atoms with Gasteiger partial charge in [-0.2, -0.15) is 5.26 Å². The summed E-state index contributed by atoms with van der Waals surface area (Å²) in [4.78, 5) is 12.1. The molecule has 1 aromatic carbocycles. The maximum Gasteiger partial charge on any atom is 0.269 e. The summed E-state index contributed by atoms with van der Waals surface area (Å²) >= 11 is 0. The number of rotatable bonds is 2. The molecular formula is C15H14N2O. The molecule has 1 heterocycles. The van der Waals surface area contributed by atoms with Crippen LogP contribution in [0.15, 0.2) is 41.3 Å². The first kappa shape index (κ1) is 12.1. The molecule has 18 heavy (non-hydrogen) atoms. The zero-order valence-corrected chi connectivity index (χ0v) is 10.5. The van der Waals surface area contributed by atoms with Crippen LogP contribution in [0.2, 0.25) is 0 Å². The van der Waals surface area contributed by atoms with Crippen LogP contribution in [-0.4, -0.2) is 4.57 Å². The van der Waals surface area contributed by atoms with Gasteiger partial charge in [-0.25, -0.2) is 0 Å². The summed E-state index contributed by atoms with van der Waals surface area (Å²) in [5.74, 6) is 0. The molecule has 0 saturated heterocycles. The second kappa shape index (κ2) is 4.89. The number of aryl methyl sites for hydroxylation is 2. The third-order valence-corrected chi connectivity index (χ3v) is 2.98. The van der Waals surface area contributed by atoms with Gasteiger partial charge in [0.25, 0.3) is 5.56 Å². The lowest BCUT2D eigenvalue weighted by Crippen LogP contribution is -2.23. The molecule has 90 valence electrons. The van der Waals surface area contributed by atoms with E-state index in [0.29, 0.717) is 6.54 Å². The van der Waals surface area contributed by atoms with Gasteiger partial charge in [-0.05, 0) is 25.0 Å². The molecule has 3 nitrogen and oxygen atoms in total. The van der Waals surface area contributed by atoms with E-state index in [-0.39, 0.29) is 11.1 Å². The second-order valence-electron chi connectivity index (χ2n) is 4.13. The van der Waals surface area contributed by atoms with Crippen LogP contribution < -0.4 is 5.56 Å². The number of benzene rings is 1. The van der Waals surface area contributed by atoms with Gasteiger partial charge in [0.05, 0.1) is 0 Å². The zero-order chi connectivity index (χ0) is 13.1. The van der Waals surface area contributed by atoms with Gasteiger partial charge >= 0.3 is 0 Å². The van der Waals surface area contributed by atoms with E-state index in [1.165, 1.54) is 0 Å². The summed E-state index contributed by atoms with van der Waals surface area (Å²) in [6.07, 6.45) is 1.81. The Kier molecular flexibility index (Phi) is 3.29. The van der Waals surface area contributed by atoms with Crippen LogP contribution in [0.4, 0.5) is 0 Å². The summed E-state index contributed by atoms with van der Waals surface area (Å²) in [5.41, 5.74) is 2.60. The van der Waals surface area contributed by atoms with Crippen LogP contribution in [0.5, 0.6) is 0 Å². The van der Waals surface area contributed by atoms with Crippen molar-refractivity contribution in [2.45, 2.75) is 20.4 Å². The molecule has 0 N–H and O–H groups in total. The van der Waals surface area contributed by atoms with Crippen molar-refractivity contribution in [2.24, 2.45) is 0 Å². The minimum absolute atomic E-state index is 0.218. The van der Waals surface area contributed by atoms with Gasteiger partial charge < -0.3 is 4.57 Å². The normalized spacial score (nSPS) is 10.1. The third kappa shape index (κ3) is 1.93. The predicted molar refractivity (Wildman–Crippen MR) is 71.3 cm³/mol. The summed E-state index contributed by atoms with van der Waals surface area (Å²) in [7, 11) is 0. The first-order chi connectivity index (χ1) is 8.69. The largest absolute Gasteiger partial charge is 0.314 e. The summed E-state index contributed by atoms with van der Waals surface area (Å²) < 4.78 is 1.57. The third-order valence-electron chi connectivity index (χ3n) is 2.98. The van der Waals surface area contributed by atoms with Crippen molar-refractivity contribution < 1.29 is 0 Å². The minimum Gasteiger partial charge on any atom is -0.314 e. The Balaban J connectivity index is 2.81. The number of hydrogen-bond acceptors (Lipinski definition) is 2. The van der Waals surface area contributed by atoms with E-state index in [1.54, 1.807) is 4.57 Å². The average molecular weight is 238 g/mol. The number of nitriles is 1. The SMILES string of the molecule is CCn1cc(C)c(-c2ccccc2)c(C#N)c1=O. The molecule has 0 aliphatic carbocycles. The lowest BCUT2D eigenvalue weighted by Gasteiger charge is -2.11. The van der Waals surface area contributed by atoms with Crippen molar-refractivity contribution in [1.82, 2.24) is 4.57 Å². The Hall–Kier alpha value is -2.34. The molecule has 0 saturated carbocycles. The van der Waals surface area contributed by atoms with Gasteiger partial charge in [-0.3, -0.25) is 4.79 Å². The fraction of sp³-hybridized carbons (Fsp3) is 0.200. The Labute approximate surface area is 106 Å². The molecule has 0 radical (unpaired) electrons. The number of hydrogen-bond donors (Lipinski definition) is 0. The summed E-state index contributed by atoms with van der Waals surface area (Å²) in [6, 6.07) is 11.6. The highest BCUT2D eigenvalue weighted by molar-refractivity contribution is 5.72. The van der Waals surface area contributed by atoms with E-state index in [1.807, 2.05) is 56.4 Å². The molecule has 0 bridgehead atoms. The smallest absolute Gasteiger partial charge is 0.269 e. The Bertz CT molecular complexity index is 663. The Morgan fingerprint density at radius 2 is 1.94 bits per heavy atom. The molecule has 0 atom stereocenters. The maximum absolute atomic E-state index is 12.1. The number of nitrogens with zero attached hydrogens (tertiary/aromatic N) is 2. The lowest BCUT2D eigenvalue weighted by atomic mass is 9.97. The van der Waals surface area contributed by atoms with Crippen LogP contribution in [0.25, 0.3) is 11.1 Å². The van der Waals surface area contributed by atoms with E-state index in [0.717, 1.165) is 16.7 Å². The molecule has 0 fully saturated rings. The molecule has 0 unspecified atom stereocenters. The fourth-order valence-electron chi connectivity index (χ4n) is 2.12. The van der Waals surface area contributed by atoms with Gasteiger partial charge in [0.15, 0.2) is 0 Å². The zero-order valence-electron chi connectivity index (χ0n) is 10.5. The molecule has 0 aliphatic heterocycles. The highest BCUT2D eigenvalue weighted by Crippen LogP contribution is 2.24. The number of aromatic nitrogens is 1. The summed E-state index contributed by atoms with van der Waals surface area (Å²) in [5, 5.41) is 9.24. The Morgan fingerprint density at radius 3 is 2.50 bits per heavy atom.